The van der Waals surface area contributed by atoms with Gasteiger partial charge in [0.15, 0.2) is 0 Å². The lowest BCUT2D eigenvalue weighted by molar-refractivity contribution is -0.137. The molecule has 8 nitrogen and oxygen atoms in total. The Hall–Kier alpha value is -3.27. The van der Waals surface area contributed by atoms with Crippen LogP contribution < -0.4 is 4.72 Å². The van der Waals surface area contributed by atoms with Crippen LogP contribution in [-0.2, 0) is 19.6 Å². The van der Waals surface area contributed by atoms with E-state index in [0.29, 0.717) is 28.9 Å². The highest BCUT2D eigenvalue weighted by Gasteiger charge is 2.33. The summed E-state index contributed by atoms with van der Waals surface area (Å²) < 4.78 is 39.2. The Bertz CT molecular complexity index is 1130. The van der Waals surface area contributed by atoms with Crippen molar-refractivity contribution in [3.05, 3.63) is 65.5 Å². The van der Waals surface area contributed by atoms with Crippen molar-refractivity contribution in [2.24, 2.45) is 5.10 Å². The molecule has 0 aliphatic carbocycles. The first-order valence-electron chi connectivity index (χ1n) is 9.57. The van der Waals surface area contributed by atoms with Crippen LogP contribution in [0.4, 0.5) is 10.1 Å². The average molecular weight is 447 g/mol. The van der Waals surface area contributed by atoms with Gasteiger partial charge in [-0.2, -0.15) is 5.10 Å². The lowest BCUT2D eigenvalue weighted by Crippen LogP contribution is -2.27. The number of carbonyl (C=O) groups is 2. The van der Waals surface area contributed by atoms with Gasteiger partial charge in [0, 0.05) is 24.9 Å². The smallest absolute Gasteiger partial charge is 0.303 e. The molecule has 3 rings (SSSR count). The summed E-state index contributed by atoms with van der Waals surface area (Å²) in [6, 6.07) is 12.0. The number of halogens is 1. The van der Waals surface area contributed by atoms with E-state index in [1.165, 1.54) is 17.1 Å². The summed E-state index contributed by atoms with van der Waals surface area (Å²) in [6.45, 7) is 0. The Labute approximate surface area is 179 Å². The largest absolute Gasteiger partial charge is 0.481 e. The van der Waals surface area contributed by atoms with Crippen LogP contribution in [0.1, 0.15) is 42.9 Å². The number of benzene rings is 2. The number of aliphatic carboxylic acids is 1. The molecule has 2 aromatic rings. The zero-order valence-electron chi connectivity index (χ0n) is 16.8. The first-order chi connectivity index (χ1) is 14.6. The minimum atomic E-state index is -3.46. The van der Waals surface area contributed by atoms with Gasteiger partial charge in [0.1, 0.15) is 5.82 Å². The molecule has 2 aromatic carbocycles. The molecule has 0 fully saturated rings. The fourth-order valence-electron chi connectivity index (χ4n) is 3.37. The highest BCUT2D eigenvalue weighted by Crippen LogP contribution is 2.34. The number of carboxylic acids is 1. The van der Waals surface area contributed by atoms with Gasteiger partial charge < -0.3 is 5.11 Å². The van der Waals surface area contributed by atoms with Gasteiger partial charge in [-0.1, -0.05) is 24.3 Å². The van der Waals surface area contributed by atoms with E-state index in [0.717, 1.165) is 6.26 Å². The Morgan fingerprint density at radius 1 is 1.19 bits per heavy atom. The standard InChI is InChI=1S/C21H22FN3O5S/c1-31(29,30)24-17-8-3-5-14(12-17)18-13-19(15-6-2-7-16(22)11-15)25(23-18)20(26)9-4-10-21(27)28/h2-3,5-8,11-12,19,24H,4,9-10,13H2,1H3,(H,27,28). The van der Waals surface area contributed by atoms with E-state index >= 15 is 0 Å². The molecule has 1 heterocycles. The molecule has 1 atom stereocenters. The molecule has 1 aliphatic rings. The number of nitrogens with zero attached hydrogens (tertiary/aromatic N) is 2. The van der Waals surface area contributed by atoms with Crippen molar-refractivity contribution in [1.82, 2.24) is 5.01 Å². The third-order valence-electron chi connectivity index (χ3n) is 4.68. The first kappa shape index (κ1) is 22.4. The van der Waals surface area contributed by atoms with Gasteiger partial charge in [-0.05, 0) is 41.8 Å². The summed E-state index contributed by atoms with van der Waals surface area (Å²) in [5, 5.41) is 14.5. The summed E-state index contributed by atoms with van der Waals surface area (Å²) in [4.78, 5) is 23.5. The summed E-state index contributed by atoms with van der Waals surface area (Å²) in [6.07, 6.45) is 1.37. The van der Waals surface area contributed by atoms with Crippen molar-refractivity contribution < 1.29 is 27.5 Å². The fourth-order valence-corrected chi connectivity index (χ4v) is 3.93. The molecule has 164 valence electrons. The number of carboxylic acid groups (broad SMARTS) is 1. The molecule has 1 unspecified atom stereocenters. The highest BCUT2D eigenvalue weighted by atomic mass is 32.2. The zero-order chi connectivity index (χ0) is 22.6. The Balaban J connectivity index is 1.90. The molecule has 1 amide bonds. The molecule has 0 spiro atoms. The van der Waals surface area contributed by atoms with E-state index in [2.05, 4.69) is 9.82 Å². The van der Waals surface area contributed by atoms with Gasteiger partial charge in [-0.15, -0.1) is 0 Å². The molecule has 10 heteroatoms. The number of carbonyl (C=O) groups excluding carboxylic acids is 1. The molecule has 0 saturated carbocycles. The number of anilines is 1. The van der Waals surface area contributed by atoms with E-state index in [1.807, 2.05) is 0 Å². The molecular formula is C21H22FN3O5S. The van der Waals surface area contributed by atoms with Crippen LogP contribution in [0, 0.1) is 5.82 Å². The number of nitrogens with one attached hydrogen (secondary N) is 1. The number of sulfonamides is 1. The second-order valence-corrected chi connectivity index (χ2v) is 9.01. The number of amides is 1. The van der Waals surface area contributed by atoms with Gasteiger partial charge in [-0.25, -0.2) is 17.8 Å². The van der Waals surface area contributed by atoms with Gasteiger partial charge in [0.25, 0.3) is 0 Å². The van der Waals surface area contributed by atoms with E-state index in [9.17, 15) is 22.4 Å². The number of hydrogen-bond donors (Lipinski definition) is 2. The minimum Gasteiger partial charge on any atom is -0.481 e. The maximum absolute atomic E-state index is 13.8. The summed E-state index contributed by atoms with van der Waals surface area (Å²) in [7, 11) is -3.46. The van der Waals surface area contributed by atoms with Crippen molar-refractivity contribution in [2.75, 3.05) is 11.0 Å². The Kier molecular flexibility index (Phi) is 6.69. The zero-order valence-corrected chi connectivity index (χ0v) is 17.6. The minimum absolute atomic E-state index is 0.00936. The molecule has 0 bridgehead atoms. The van der Waals surface area contributed by atoms with Gasteiger partial charge >= 0.3 is 5.97 Å². The quantitative estimate of drug-likeness (QED) is 0.645. The normalized spacial score (nSPS) is 16.1. The SMILES string of the molecule is CS(=O)(=O)Nc1cccc(C2=NN(C(=O)CCCC(=O)O)C(c3cccc(F)c3)C2)c1. The van der Waals surface area contributed by atoms with Crippen LogP contribution in [0.25, 0.3) is 0 Å². The van der Waals surface area contributed by atoms with Crippen LogP contribution in [-0.4, -0.2) is 42.4 Å². The monoisotopic (exact) mass is 447 g/mol. The van der Waals surface area contributed by atoms with Gasteiger partial charge in [-0.3, -0.25) is 14.3 Å². The van der Waals surface area contributed by atoms with Crippen LogP contribution in [0.2, 0.25) is 0 Å². The van der Waals surface area contributed by atoms with E-state index in [-0.39, 0.29) is 25.2 Å². The van der Waals surface area contributed by atoms with Crippen LogP contribution >= 0.6 is 0 Å². The van der Waals surface area contributed by atoms with Crippen molar-refractivity contribution in [3.8, 4) is 0 Å². The second-order valence-electron chi connectivity index (χ2n) is 7.26. The number of hydrogen-bond acceptors (Lipinski definition) is 5. The molecule has 0 saturated heterocycles. The predicted octanol–water partition coefficient (Wildman–Crippen LogP) is 3.13. The summed E-state index contributed by atoms with van der Waals surface area (Å²) in [5.41, 5.74) is 2.08. The lowest BCUT2D eigenvalue weighted by atomic mass is 9.98. The maximum Gasteiger partial charge on any atom is 0.303 e. The summed E-state index contributed by atoms with van der Waals surface area (Å²) >= 11 is 0. The highest BCUT2D eigenvalue weighted by molar-refractivity contribution is 7.92. The molecule has 1 aliphatic heterocycles. The van der Waals surface area contributed by atoms with Gasteiger partial charge in [0.2, 0.25) is 15.9 Å². The second kappa shape index (κ2) is 9.25. The Morgan fingerprint density at radius 3 is 2.61 bits per heavy atom. The van der Waals surface area contributed by atoms with Crippen LogP contribution in [0.3, 0.4) is 0 Å². The van der Waals surface area contributed by atoms with Crippen molar-refractivity contribution in [2.45, 2.75) is 31.7 Å². The molecule has 2 N–H and O–H groups in total. The molecule has 0 radical (unpaired) electrons. The predicted molar refractivity (Wildman–Crippen MR) is 114 cm³/mol. The summed E-state index contributed by atoms with van der Waals surface area (Å²) in [5.74, 6) is -1.80. The van der Waals surface area contributed by atoms with Crippen LogP contribution in [0.5, 0.6) is 0 Å². The third-order valence-corrected chi connectivity index (χ3v) is 5.29. The van der Waals surface area contributed by atoms with E-state index in [1.54, 1.807) is 36.4 Å². The molecule has 0 aromatic heterocycles. The van der Waals surface area contributed by atoms with Gasteiger partial charge in [0.05, 0.1) is 18.0 Å². The number of rotatable bonds is 8. The molecular weight excluding hydrogens is 425 g/mol. The average Bonchev–Trinajstić information content (AvgIpc) is 3.12. The lowest BCUT2D eigenvalue weighted by Gasteiger charge is -2.22. The van der Waals surface area contributed by atoms with Crippen LogP contribution in [0.15, 0.2) is 53.6 Å². The maximum atomic E-state index is 13.8. The molecule has 31 heavy (non-hydrogen) atoms. The van der Waals surface area contributed by atoms with Crippen molar-refractivity contribution in [1.29, 1.82) is 0 Å². The van der Waals surface area contributed by atoms with Crippen molar-refractivity contribution >= 4 is 33.3 Å². The fraction of sp³-hybridized carbons (Fsp3) is 0.286. The van der Waals surface area contributed by atoms with Crippen molar-refractivity contribution in [3.63, 3.8) is 0 Å². The van der Waals surface area contributed by atoms with E-state index < -0.39 is 27.9 Å². The third kappa shape index (κ3) is 6.11. The first-order valence-corrected chi connectivity index (χ1v) is 11.5. The number of hydrazone groups is 1. The topological polar surface area (TPSA) is 116 Å². The Morgan fingerprint density at radius 2 is 1.94 bits per heavy atom. The van der Waals surface area contributed by atoms with E-state index in [4.69, 9.17) is 5.11 Å².